The largest absolute Gasteiger partial charge is 0.467 e. The summed E-state index contributed by atoms with van der Waals surface area (Å²) < 4.78 is 5.03. The van der Waals surface area contributed by atoms with E-state index in [1.807, 2.05) is 0 Å². The van der Waals surface area contributed by atoms with E-state index in [-0.39, 0.29) is 12.5 Å². The first kappa shape index (κ1) is 10.1. The van der Waals surface area contributed by atoms with Gasteiger partial charge in [0.15, 0.2) is 5.96 Å². The predicted octanol–water partition coefficient (Wildman–Crippen LogP) is 0.314. The highest BCUT2D eigenvalue weighted by Gasteiger charge is 2.16. The van der Waals surface area contributed by atoms with E-state index in [0.717, 1.165) is 4.90 Å². The van der Waals surface area contributed by atoms with E-state index in [2.05, 4.69) is 5.32 Å². The zero-order chi connectivity index (χ0) is 10.6. The van der Waals surface area contributed by atoms with Crippen LogP contribution < -0.4 is 11.1 Å². The number of guanidine groups is 1. The highest BCUT2D eigenvalue weighted by atomic mass is 16.3. The summed E-state index contributed by atoms with van der Waals surface area (Å²) in [6.45, 7) is 0.155. The molecule has 14 heavy (non-hydrogen) atoms. The lowest BCUT2D eigenvalue weighted by atomic mass is 10.4. The standard InChI is InChI=1S/C8H12N4O2/c1-11-8(13)12(7(9)10)5-6-3-2-4-14-6/h2-4H,5H2,1H3,(H3,9,10)(H,11,13). The molecule has 4 N–H and O–H groups in total. The van der Waals surface area contributed by atoms with Crippen molar-refractivity contribution < 1.29 is 9.21 Å². The molecule has 0 aliphatic heterocycles. The van der Waals surface area contributed by atoms with E-state index < -0.39 is 6.03 Å². The Hall–Kier alpha value is -1.98. The number of nitrogens with two attached hydrogens (primary N) is 1. The Morgan fingerprint density at radius 2 is 2.50 bits per heavy atom. The van der Waals surface area contributed by atoms with Gasteiger partial charge >= 0.3 is 6.03 Å². The van der Waals surface area contributed by atoms with Crippen molar-refractivity contribution in [2.45, 2.75) is 6.54 Å². The van der Waals surface area contributed by atoms with E-state index in [0.29, 0.717) is 5.76 Å². The van der Waals surface area contributed by atoms with Crippen LogP contribution in [0.25, 0.3) is 0 Å². The fraction of sp³-hybridized carbons (Fsp3) is 0.250. The molecule has 1 heterocycles. The van der Waals surface area contributed by atoms with Crippen molar-refractivity contribution in [2.24, 2.45) is 5.73 Å². The molecule has 0 saturated carbocycles. The van der Waals surface area contributed by atoms with Crippen LogP contribution in [-0.4, -0.2) is 23.9 Å². The molecule has 0 aliphatic carbocycles. The van der Waals surface area contributed by atoms with Gasteiger partial charge in [-0.25, -0.2) is 4.79 Å². The summed E-state index contributed by atoms with van der Waals surface area (Å²) in [5, 5.41) is 9.57. The first-order valence-corrected chi connectivity index (χ1v) is 4.00. The van der Waals surface area contributed by atoms with Gasteiger partial charge in [0, 0.05) is 7.05 Å². The monoisotopic (exact) mass is 196 g/mol. The lowest BCUT2D eigenvalue weighted by Gasteiger charge is -2.18. The average molecular weight is 196 g/mol. The maximum Gasteiger partial charge on any atom is 0.324 e. The van der Waals surface area contributed by atoms with Crippen LogP contribution in [0.15, 0.2) is 22.8 Å². The summed E-state index contributed by atoms with van der Waals surface area (Å²) in [6.07, 6.45) is 1.50. The van der Waals surface area contributed by atoms with Gasteiger partial charge in [-0.15, -0.1) is 0 Å². The number of carbonyl (C=O) groups excluding carboxylic acids is 1. The zero-order valence-corrected chi connectivity index (χ0v) is 7.78. The molecule has 0 unspecified atom stereocenters. The van der Waals surface area contributed by atoms with Crippen LogP contribution in [0, 0.1) is 5.41 Å². The minimum Gasteiger partial charge on any atom is -0.467 e. The van der Waals surface area contributed by atoms with Crippen molar-refractivity contribution in [3.05, 3.63) is 24.2 Å². The van der Waals surface area contributed by atoms with Crippen LogP contribution in [0.5, 0.6) is 0 Å². The van der Waals surface area contributed by atoms with E-state index in [1.165, 1.54) is 13.3 Å². The predicted molar refractivity (Wildman–Crippen MR) is 50.6 cm³/mol. The molecule has 0 saturated heterocycles. The summed E-state index contributed by atoms with van der Waals surface area (Å²) >= 11 is 0. The second-order valence-corrected chi connectivity index (χ2v) is 2.61. The number of rotatable bonds is 2. The number of hydrogen-bond acceptors (Lipinski definition) is 3. The summed E-state index contributed by atoms with van der Waals surface area (Å²) in [5.41, 5.74) is 5.24. The minimum atomic E-state index is -0.436. The molecule has 1 aromatic rings. The van der Waals surface area contributed by atoms with Gasteiger partial charge in [0.25, 0.3) is 0 Å². The molecule has 0 aromatic carbocycles. The number of urea groups is 1. The van der Waals surface area contributed by atoms with Crippen LogP contribution in [0.4, 0.5) is 4.79 Å². The Morgan fingerprint density at radius 3 is 2.93 bits per heavy atom. The lowest BCUT2D eigenvalue weighted by Crippen LogP contribution is -2.45. The van der Waals surface area contributed by atoms with Gasteiger partial charge < -0.3 is 15.5 Å². The average Bonchev–Trinajstić information content (AvgIpc) is 2.65. The Labute approximate surface area is 81.2 Å². The van der Waals surface area contributed by atoms with E-state index in [4.69, 9.17) is 15.6 Å². The highest BCUT2D eigenvalue weighted by molar-refractivity contribution is 5.93. The second kappa shape index (κ2) is 4.31. The Bertz CT molecular complexity index is 320. The fourth-order valence-corrected chi connectivity index (χ4v) is 0.960. The van der Waals surface area contributed by atoms with Gasteiger partial charge in [0.2, 0.25) is 0 Å². The van der Waals surface area contributed by atoms with Gasteiger partial charge in [0.05, 0.1) is 12.8 Å². The second-order valence-electron chi connectivity index (χ2n) is 2.61. The van der Waals surface area contributed by atoms with E-state index >= 15 is 0 Å². The Balaban J connectivity index is 2.70. The quantitative estimate of drug-likeness (QED) is 0.469. The molecule has 6 heteroatoms. The third kappa shape index (κ3) is 2.25. The summed E-state index contributed by atoms with van der Waals surface area (Å²) in [6, 6.07) is 2.98. The highest BCUT2D eigenvalue weighted by Crippen LogP contribution is 2.04. The molecule has 0 atom stereocenters. The normalized spacial score (nSPS) is 9.50. The Kier molecular flexibility index (Phi) is 3.11. The maximum atomic E-state index is 11.2. The van der Waals surface area contributed by atoms with Crippen molar-refractivity contribution in [3.8, 4) is 0 Å². The van der Waals surface area contributed by atoms with Gasteiger partial charge in [-0.2, -0.15) is 0 Å². The molecule has 1 aromatic heterocycles. The van der Waals surface area contributed by atoms with Gasteiger partial charge in [-0.3, -0.25) is 10.3 Å². The Morgan fingerprint density at radius 1 is 1.79 bits per heavy atom. The number of amides is 2. The third-order valence-electron chi connectivity index (χ3n) is 1.64. The SMILES string of the molecule is CNC(=O)N(Cc1ccco1)C(=N)N. The smallest absolute Gasteiger partial charge is 0.324 e. The van der Waals surface area contributed by atoms with Crippen LogP contribution in [0.2, 0.25) is 0 Å². The molecule has 6 nitrogen and oxygen atoms in total. The summed E-state index contributed by atoms with van der Waals surface area (Å²) in [4.78, 5) is 12.3. The number of hydrogen-bond donors (Lipinski definition) is 3. The lowest BCUT2D eigenvalue weighted by molar-refractivity contribution is 0.218. The van der Waals surface area contributed by atoms with Gasteiger partial charge in [-0.1, -0.05) is 0 Å². The molecule has 0 spiro atoms. The number of nitrogens with zero attached hydrogens (tertiary/aromatic N) is 1. The molecular weight excluding hydrogens is 184 g/mol. The van der Waals surface area contributed by atoms with Gasteiger partial charge in [0.1, 0.15) is 5.76 Å². The molecule has 0 aliphatic rings. The van der Waals surface area contributed by atoms with E-state index in [1.54, 1.807) is 12.1 Å². The zero-order valence-electron chi connectivity index (χ0n) is 7.78. The van der Waals surface area contributed by atoms with Crippen LogP contribution >= 0.6 is 0 Å². The van der Waals surface area contributed by atoms with Crippen molar-refractivity contribution >= 4 is 12.0 Å². The molecule has 0 fully saturated rings. The van der Waals surface area contributed by atoms with Crippen LogP contribution in [0.1, 0.15) is 5.76 Å². The fourth-order valence-electron chi connectivity index (χ4n) is 0.960. The van der Waals surface area contributed by atoms with Crippen LogP contribution in [0.3, 0.4) is 0 Å². The molecule has 2 amide bonds. The molecule has 0 bridgehead atoms. The topological polar surface area (TPSA) is 95.4 Å². The minimum absolute atomic E-state index is 0.155. The van der Waals surface area contributed by atoms with E-state index in [9.17, 15) is 4.79 Å². The first-order chi connectivity index (χ1) is 6.65. The summed E-state index contributed by atoms with van der Waals surface area (Å²) in [7, 11) is 1.47. The van der Waals surface area contributed by atoms with Crippen molar-refractivity contribution in [1.29, 1.82) is 5.41 Å². The van der Waals surface area contributed by atoms with Crippen molar-refractivity contribution in [3.63, 3.8) is 0 Å². The van der Waals surface area contributed by atoms with Gasteiger partial charge in [-0.05, 0) is 12.1 Å². The number of carbonyl (C=O) groups is 1. The molecule has 76 valence electrons. The maximum absolute atomic E-state index is 11.2. The summed E-state index contributed by atoms with van der Waals surface area (Å²) in [5.74, 6) is 0.254. The molecular formula is C8H12N4O2. The first-order valence-electron chi connectivity index (χ1n) is 4.00. The van der Waals surface area contributed by atoms with Crippen molar-refractivity contribution in [1.82, 2.24) is 10.2 Å². The number of nitrogens with one attached hydrogen (secondary N) is 2. The molecule has 0 radical (unpaired) electrons. The third-order valence-corrected chi connectivity index (χ3v) is 1.64. The van der Waals surface area contributed by atoms with Crippen LogP contribution in [-0.2, 0) is 6.54 Å². The molecule has 1 rings (SSSR count). The van der Waals surface area contributed by atoms with Crippen molar-refractivity contribution in [2.75, 3.05) is 7.05 Å². The number of furan rings is 1.